The second kappa shape index (κ2) is 7.68. The van der Waals surface area contributed by atoms with Gasteiger partial charge in [-0.1, -0.05) is 18.2 Å². The Morgan fingerprint density at radius 1 is 1.17 bits per heavy atom. The van der Waals surface area contributed by atoms with Gasteiger partial charge in [-0.05, 0) is 40.7 Å². The number of amides is 1. The summed E-state index contributed by atoms with van der Waals surface area (Å²) in [7, 11) is 3.41. The molecule has 0 spiro atoms. The van der Waals surface area contributed by atoms with E-state index in [2.05, 4.69) is 19.2 Å². The maximum absolute atomic E-state index is 11.9. The number of hydrogen-bond acceptors (Lipinski definition) is 4. The van der Waals surface area contributed by atoms with E-state index >= 15 is 0 Å². The lowest BCUT2D eigenvalue weighted by Gasteiger charge is -2.30. The fourth-order valence-electron chi connectivity index (χ4n) is 2.22. The monoisotopic (exact) mass is 322 g/mol. The summed E-state index contributed by atoms with van der Waals surface area (Å²) in [6.07, 6.45) is -0.311. The third kappa shape index (κ3) is 6.10. The Hall–Kier alpha value is -1.75. The molecule has 1 aromatic carbocycles. The van der Waals surface area contributed by atoms with E-state index in [9.17, 15) is 4.79 Å². The molecule has 1 rings (SSSR count). The number of carbonyl (C=O) groups excluding carboxylic acids is 1. The van der Waals surface area contributed by atoms with Crippen molar-refractivity contribution in [1.29, 1.82) is 0 Å². The van der Waals surface area contributed by atoms with Gasteiger partial charge >= 0.3 is 6.09 Å². The summed E-state index contributed by atoms with van der Waals surface area (Å²) < 4.78 is 10.8. The highest BCUT2D eigenvalue weighted by atomic mass is 16.6. The molecule has 0 heterocycles. The number of para-hydroxylation sites is 1. The van der Waals surface area contributed by atoms with Gasteiger partial charge in [0.1, 0.15) is 11.4 Å². The molecule has 0 saturated heterocycles. The minimum atomic E-state index is -0.477. The first-order chi connectivity index (χ1) is 10.6. The van der Waals surface area contributed by atoms with Crippen molar-refractivity contribution in [2.75, 3.05) is 27.2 Å². The zero-order valence-corrected chi connectivity index (χ0v) is 15.4. The van der Waals surface area contributed by atoms with Crippen molar-refractivity contribution >= 4 is 6.09 Å². The van der Waals surface area contributed by atoms with Crippen LogP contribution in [0.2, 0.25) is 0 Å². The molecule has 0 aromatic heterocycles. The third-order valence-corrected chi connectivity index (χ3v) is 3.50. The van der Waals surface area contributed by atoms with Gasteiger partial charge in [-0.3, -0.25) is 0 Å². The van der Waals surface area contributed by atoms with Crippen molar-refractivity contribution in [1.82, 2.24) is 10.2 Å². The lowest BCUT2D eigenvalue weighted by molar-refractivity contribution is 0.0297. The molecule has 1 amide bonds. The van der Waals surface area contributed by atoms with Gasteiger partial charge in [-0.2, -0.15) is 0 Å². The number of likely N-dealkylation sites (N-methyl/N-ethyl adjacent to an activating group) is 1. The molecule has 23 heavy (non-hydrogen) atoms. The van der Waals surface area contributed by atoms with Crippen molar-refractivity contribution in [3.63, 3.8) is 0 Å². The first kappa shape index (κ1) is 19.3. The summed E-state index contributed by atoms with van der Waals surface area (Å²) >= 11 is 0. The standard InChI is InChI=1S/C18H30N2O3/c1-17(2,3)23-16(21)20(6)13-12-19-18(4,5)14-10-8-9-11-15(14)22-7/h8-11,19H,12-13H2,1-7H3. The van der Waals surface area contributed by atoms with Crippen molar-refractivity contribution in [3.05, 3.63) is 29.8 Å². The van der Waals surface area contributed by atoms with Crippen LogP contribution in [0, 0.1) is 0 Å². The van der Waals surface area contributed by atoms with Gasteiger partial charge in [-0.25, -0.2) is 4.79 Å². The van der Waals surface area contributed by atoms with Crippen LogP contribution in [-0.2, 0) is 10.3 Å². The van der Waals surface area contributed by atoms with E-state index in [4.69, 9.17) is 9.47 Å². The quantitative estimate of drug-likeness (QED) is 0.872. The Labute approximate surface area is 140 Å². The molecular formula is C18H30N2O3. The van der Waals surface area contributed by atoms with Gasteiger partial charge in [0, 0.05) is 31.2 Å². The fourth-order valence-corrected chi connectivity index (χ4v) is 2.22. The second-order valence-electron chi connectivity index (χ2n) is 7.15. The maximum atomic E-state index is 11.9. The lowest BCUT2D eigenvalue weighted by atomic mass is 9.93. The molecule has 0 unspecified atom stereocenters. The molecule has 0 saturated carbocycles. The number of methoxy groups -OCH3 is 1. The molecule has 5 nitrogen and oxygen atoms in total. The molecular weight excluding hydrogens is 292 g/mol. The number of carbonyl (C=O) groups is 1. The van der Waals surface area contributed by atoms with E-state index in [1.54, 1.807) is 19.1 Å². The highest BCUT2D eigenvalue weighted by Crippen LogP contribution is 2.29. The Kier molecular flexibility index (Phi) is 6.45. The van der Waals surface area contributed by atoms with Crippen molar-refractivity contribution < 1.29 is 14.3 Å². The summed E-state index contributed by atoms with van der Waals surface area (Å²) in [5.41, 5.74) is 0.346. The maximum Gasteiger partial charge on any atom is 0.410 e. The van der Waals surface area contributed by atoms with E-state index in [1.807, 2.05) is 45.0 Å². The molecule has 0 bridgehead atoms. The molecule has 0 aliphatic carbocycles. The topological polar surface area (TPSA) is 50.8 Å². The van der Waals surface area contributed by atoms with E-state index in [1.165, 1.54) is 0 Å². The highest BCUT2D eigenvalue weighted by Gasteiger charge is 2.24. The number of rotatable bonds is 6. The Morgan fingerprint density at radius 3 is 2.35 bits per heavy atom. The Bertz CT molecular complexity index is 521. The summed E-state index contributed by atoms with van der Waals surface area (Å²) in [4.78, 5) is 13.5. The van der Waals surface area contributed by atoms with E-state index in [0.29, 0.717) is 13.1 Å². The minimum absolute atomic E-state index is 0.263. The number of nitrogens with one attached hydrogen (secondary N) is 1. The first-order valence-electron chi connectivity index (χ1n) is 7.89. The van der Waals surface area contributed by atoms with Crippen LogP contribution in [0.4, 0.5) is 4.79 Å². The fraction of sp³-hybridized carbons (Fsp3) is 0.611. The molecule has 130 valence electrons. The molecule has 0 fully saturated rings. The molecule has 0 radical (unpaired) electrons. The zero-order valence-electron chi connectivity index (χ0n) is 15.4. The number of benzene rings is 1. The van der Waals surface area contributed by atoms with Gasteiger partial charge in [0.2, 0.25) is 0 Å². The number of ether oxygens (including phenoxy) is 2. The Balaban J connectivity index is 2.58. The second-order valence-corrected chi connectivity index (χ2v) is 7.15. The zero-order chi connectivity index (χ0) is 17.7. The van der Waals surface area contributed by atoms with Crippen LogP contribution in [0.1, 0.15) is 40.2 Å². The third-order valence-electron chi connectivity index (χ3n) is 3.50. The highest BCUT2D eigenvalue weighted by molar-refractivity contribution is 5.67. The molecule has 0 atom stereocenters. The van der Waals surface area contributed by atoms with Gasteiger partial charge in [0.05, 0.1) is 7.11 Å². The van der Waals surface area contributed by atoms with Crippen molar-refractivity contribution in [2.24, 2.45) is 0 Å². The van der Waals surface area contributed by atoms with E-state index < -0.39 is 5.60 Å². The van der Waals surface area contributed by atoms with Crippen molar-refractivity contribution in [2.45, 2.75) is 45.8 Å². The number of nitrogens with zero attached hydrogens (tertiary/aromatic N) is 1. The average Bonchev–Trinajstić information content (AvgIpc) is 2.45. The van der Waals surface area contributed by atoms with Crippen LogP contribution >= 0.6 is 0 Å². The lowest BCUT2D eigenvalue weighted by Crippen LogP contribution is -2.43. The largest absolute Gasteiger partial charge is 0.496 e. The average molecular weight is 322 g/mol. The van der Waals surface area contributed by atoms with Gasteiger partial charge in [0.15, 0.2) is 0 Å². The van der Waals surface area contributed by atoms with Crippen LogP contribution in [0.5, 0.6) is 5.75 Å². The smallest absolute Gasteiger partial charge is 0.410 e. The van der Waals surface area contributed by atoms with Gasteiger partial charge < -0.3 is 19.7 Å². The van der Waals surface area contributed by atoms with Crippen LogP contribution in [0.3, 0.4) is 0 Å². The predicted molar refractivity (Wildman–Crippen MR) is 92.9 cm³/mol. The van der Waals surface area contributed by atoms with Crippen LogP contribution in [0.15, 0.2) is 24.3 Å². The summed E-state index contributed by atoms with van der Waals surface area (Å²) in [5, 5.41) is 3.47. The van der Waals surface area contributed by atoms with Crippen LogP contribution < -0.4 is 10.1 Å². The first-order valence-corrected chi connectivity index (χ1v) is 7.89. The Morgan fingerprint density at radius 2 is 1.78 bits per heavy atom. The molecule has 5 heteroatoms. The summed E-state index contributed by atoms with van der Waals surface area (Å²) in [5.74, 6) is 0.852. The SMILES string of the molecule is COc1ccccc1C(C)(C)NCCN(C)C(=O)OC(C)(C)C. The van der Waals surface area contributed by atoms with Crippen LogP contribution in [0.25, 0.3) is 0 Å². The molecule has 0 aliphatic rings. The normalized spacial score (nSPS) is 12.0. The summed E-state index contributed by atoms with van der Waals surface area (Å²) in [6, 6.07) is 7.94. The molecule has 1 aromatic rings. The van der Waals surface area contributed by atoms with Gasteiger partial charge in [0.25, 0.3) is 0 Å². The number of hydrogen-bond donors (Lipinski definition) is 1. The summed E-state index contributed by atoms with van der Waals surface area (Å²) in [6.45, 7) is 11.0. The minimum Gasteiger partial charge on any atom is -0.496 e. The van der Waals surface area contributed by atoms with Crippen molar-refractivity contribution in [3.8, 4) is 5.75 Å². The van der Waals surface area contributed by atoms with Crippen LogP contribution in [-0.4, -0.2) is 43.8 Å². The molecule has 0 aliphatic heterocycles. The predicted octanol–water partition coefficient (Wildman–Crippen LogP) is 3.39. The van der Waals surface area contributed by atoms with Gasteiger partial charge in [-0.15, -0.1) is 0 Å². The van der Waals surface area contributed by atoms with E-state index in [-0.39, 0.29) is 11.6 Å². The van der Waals surface area contributed by atoms with E-state index in [0.717, 1.165) is 11.3 Å². The molecule has 1 N–H and O–H groups in total.